The van der Waals surface area contributed by atoms with Crippen LogP contribution in [0.4, 0.5) is 22.7 Å². The van der Waals surface area contributed by atoms with Crippen LogP contribution in [-0.4, -0.2) is 30.4 Å². The third kappa shape index (κ3) is 4.80. The van der Waals surface area contributed by atoms with E-state index in [-0.39, 0.29) is 85.2 Å². The van der Waals surface area contributed by atoms with E-state index in [0.29, 0.717) is 11.4 Å². The third-order valence-corrected chi connectivity index (χ3v) is 5.83. The van der Waals surface area contributed by atoms with Crippen LogP contribution in [0.25, 0.3) is 0 Å². The number of hydrogen-bond donors (Lipinski definition) is 3. The standard InChI is InChI=1S/C22H17N3O6S.K/c1-11(26)24-12-6-8-13(9-7-12)25-16-10-17(32(29,30)31)20(23)19-18(16)21(27)14-4-2-3-5-15(14)22(19)28;/h2-10,25H,23H2,1H3,(H,24,26)(H,29,30,31);/q;+1/p-1. The summed E-state index contributed by atoms with van der Waals surface area (Å²) in [6.07, 6.45) is 0. The van der Waals surface area contributed by atoms with E-state index < -0.39 is 32.3 Å². The number of carbonyl (C=O) groups excluding carboxylic acids is 3. The monoisotopic (exact) mass is 489 g/mol. The van der Waals surface area contributed by atoms with Gasteiger partial charge in [0.1, 0.15) is 10.1 Å². The Balaban J connectivity index is 0.00000306. The van der Waals surface area contributed by atoms with Crippen LogP contribution in [0.2, 0.25) is 0 Å². The molecule has 0 saturated carbocycles. The van der Waals surface area contributed by atoms with E-state index in [9.17, 15) is 27.4 Å². The SMILES string of the molecule is CC(=O)Nc1ccc(Nc2cc(S(=O)(=O)[O-])c(N)c3c2C(=O)c2ccccc2C3=O)cc1.[K+]. The van der Waals surface area contributed by atoms with E-state index in [1.54, 1.807) is 36.4 Å². The van der Waals surface area contributed by atoms with Gasteiger partial charge in [0.15, 0.2) is 11.6 Å². The van der Waals surface area contributed by atoms with Gasteiger partial charge in [-0.2, -0.15) is 0 Å². The molecule has 0 fully saturated rings. The van der Waals surface area contributed by atoms with Crippen LogP contribution >= 0.6 is 0 Å². The molecule has 0 saturated heterocycles. The maximum absolute atomic E-state index is 13.2. The Bertz CT molecular complexity index is 1420. The fourth-order valence-electron chi connectivity index (χ4n) is 3.59. The first-order valence-electron chi connectivity index (χ1n) is 9.33. The molecular weight excluding hydrogens is 473 g/mol. The number of amides is 1. The van der Waals surface area contributed by atoms with Gasteiger partial charge in [-0.3, -0.25) is 14.4 Å². The molecule has 11 heteroatoms. The smallest absolute Gasteiger partial charge is 0.744 e. The van der Waals surface area contributed by atoms with Gasteiger partial charge >= 0.3 is 51.4 Å². The molecule has 0 unspecified atom stereocenters. The fourth-order valence-corrected chi connectivity index (χ4v) is 4.23. The van der Waals surface area contributed by atoms with Gasteiger partial charge in [-0.1, -0.05) is 24.3 Å². The largest absolute Gasteiger partial charge is 1.00 e. The summed E-state index contributed by atoms with van der Waals surface area (Å²) in [6.45, 7) is 1.36. The number of anilines is 4. The van der Waals surface area contributed by atoms with Crippen molar-refractivity contribution in [3.8, 4) is 0 Å². The number of hydrogen-bond acceptors (Lipinski definition) is 8. The molecule has 162 valence electrons. The van der Waals surface area contributed by atoms with Crippen molar-refractivity contribution in [1.82, 2.24) is 0 Å². The fraction of sp³-hybridized carbons (Fsp3) is 0.0455. The van der Waals surface area contributed by atoms with Crippen molar-refractivity contribution >= 4 is 50.3 Å². The number of nitrogens with two attached hydrogens (primary N) is 1. The Morgan fingerprint density at radius 2 is 1.42 bits per heavy atom. The molecule has 0 heterocycles. The van der Waals surface area contributed by atoms with E-state index >= 15 is 0 Å². The summed E-state index contributed by atoms with van der Waals surface area (Å²) in [5.41, 5.74) is 6.00. The number of carbonyl (C=O) groups is 3. The molecule has 3 aromatic rings. The first-order chi connectivity index (χ1) is 15.1. The first kappa shape index (κ1) is 25.2. The van der Waals surface area contributed by atoms with Gasteiger partial charge in [-0.05, 0) is 30.3 Å². The number of rotatable bonds is 4. The summed E-state index contributed by atoms with van der Waals surface area (Å²) in [7, 11) is -5.05. The summed E-state index contributed by atoms with van der Waals surface area (Å²) in [5, 5.41) is 5.49. The first-order valence-corrected chi connectivity index (χ1v) is 10.7. The minimum absolute atomic E-state index is 0. The van der Waals surface area contributed by atoms with E-state index in [2.05, 4.69) is 10.6 Å². The van der Waals surface area contributed by atoms with Crippen LogP contribution in [0, 0.1) is 0 Å². The molecule has 1 amide bonds. The number of ketones is 2. The normalized spacial score (nSPS) is 12.3. The van der Waals surface area contributed by atoms with Gasteiger partial charge in [-0.15, -0.1) is 0 Å². The van der Waals surface area contributed by atoms with Gasteiger partial charge in [0.05, 0.1) is 27.4 Å². The molecule has 4 rings (SSSR count). The molecule has 0 spiro atoms. The predicted molar refractivity (Wildman–Crippen MR) is 116 cm³/mol. The average Bonchev–Trinajstić information content (AvgIpc) is 2.73. The Morgan fingerprint density at radius 3 is 1.94 bits per heavy atom. The third-order valence-electron chi connectivity index (χ3n) is 4.95. The quantitative estimate of drug-likeness (QED) is 0.199. The Labute approximate surface area is 231 Å². The average molecular weight is 490 g/mol. The molecule has 0 atom stereocenters. The molecule has 0 aliphatic heterocycles. The van der Waals surface area contributed by atoms with Crippen LogP contribution in [0.3, 0.4) is 0 Å². The molecular formula is C22H16KN3O6S. The zero-order valence-electron chi connectivity index (χ0n) is 17.6. The zero-order chi connectivity index (χ0) is 23.2. The minimum Gasteiger partial charge on any atom is -0.744 e. The van der Waals surface area contributed by atoms with Crippen molar-refractivity contribution in [3.05, 3.63) is 76.9 Å². The summed E-state index contributed by atoms with van der Waals surface area (Å²) in [5.74, 6) is -1.44. The molecule has 4 N–H and O–H groups in total. The van der Waals surface area contributed by atoms with E-state index in [1.165, 1.54) is 19.1 Å². The van der Waals surface area contributed by atoms with Crippen molar-refractivity contribution < 1.29 is 78.7 Å². The maximum Gasteiger partial charge on any atom is 1.00 e. The molecule has 0 bridgehead atoms. The molecule has 1 aliphatic carbocycles. The molecule has 9 nitrogen and oxygen atoms in total. The van der Waals surface area contributed by atoms with E-state index in [4.69, 9.17) is 5.73 Å². The second-order valence-corrected chi connectivity index (χ2v) is 8.48. The van der Waals surface area contributed by atoms with Crippen molar-refractivity contribution in [3.63, 3.8) is 0 Å². The van der Waals surface area contributed by atoms with Crippen molar-refractivity contribution in [1.29, 1.82) is 0 Å². The van der Waals surface area contributed by atoms with Gasteiger partial charge < -0.3 is 20.9 Å². The second kappa shape index (κ2) is 9.47. The summed E-state index contributed by atoms with van der Waals surface area (Å²) in [4.78, 5) is 36.7. The van der Waals surface area contributed by atoms with Crippen LogP contribution in [0.1, 0.15) is 38.8 Å². The van der Waals surface area contributed by atoms with Crippen molar-refractivity contribution in [2.75, 3.05) is 16.4 Å². The van der Waals surface area contributed by atoms with Gasteiger partial charge in [0.2, 0.25) is 5.91 Å². The molecule has 33 heavy (non-hydrogen) atoms. The van der Waals surface area contributed by atoms with Crippen LogP contribution in [0.5, 0.6) is 0 Å². The van der Waals surface area contributed by atoms with Gasteiger partial charge in [-0.25, -0.2) is 8.42 Å². The van der Waals surface area contributed by atoms with E-state index in [0.717, 1.165) is 6.07 Å². The molecule has 1 aliphatic rings. The molecule has 0 radical (unpaired) electrons. The number of benzene rings is 3. The van der Waals surface area contributed by atoms with Crippen molar-refractivity contribution in [2.45, 2.75) is 11.8 Å². The van der Waals surface area contributed by atoms with Crippen LogP contribution in [0.15, 0.2) is 59.5 Å². The van der Waals surface area contributed by atoms with Crippen LogP contribution in [-0.2, 0) is 14.9 Å². The molecule has 3 aromatic carbocycles. The van der Waals surface area contributed by atoms with Gasteiger partial charge in [0, 0.05) is 29.4 Å². The molecule has 0 aromatic heterocycles. The Morgan fingerprint density at radius 1 is 0.909 bits per heavy atom. The predicted octanol–water partition coefficient (Wildman–Crippen LogP) is -0.346. The number of nitrogens with one attached hydrogen (secondary N) is 2. The van der Waals surface area contributed by atoms with Crippen LogP contribution < -0.4 is 67.8 Å². The summed E-state index contributed by atoms with van der Waals surface area (Å²) < 4.78 is 35.5. The Kier molecular flexibility index (Phi) is 7.24. The maximum atomic E-state index is 13.2. The number of nitrogen functional groups attached to an aromatic ring is 1. The topological polar surface area (TPSA) is 158 Å². The Hall–Kier alpha value is -2.38. The summed E-state index contributed by atoms with van der Waals surface area (Å²) in [6, 6.07) is 13.4. The number of fused-ring (bicyclic) bond motifs is 2. The second-order valence-electron chi connectivity index (χ2n) is 7.13. The van der Waals surface area contributed by atoms with E-state index in [1.807, 2.05) is 0 Å². The summed E-state index contributed by atoms with van der Waals surface area (Å²) >= 11 is 0. The minimum atomic E-state index is -5.05. The zero-order valence-corrected chi connectivity index (χ0v) is 21.6. The van der Waals surface area contributed by atoms with Gasteiger partial charge in [0.25, 0.3) is 0 Å². The van der Waals surface area contributed by atoms with Crippen molar-refractivity contribution in [2.24, 2.45) is 0 Å².